The highest BCUT2D eigenvalue weighted by Crippen LogP contribution is 2.22. The lowest BCUT2D eigenvalue weighted by Gasteiger charge is -2.22. The molecule has 7 heteroatoms. The minimum atomic E-state index is -3.49. The molecule has 4 nitrogen and oxygen atoms in total. The summed E-state index contributed by atoms with van der Waals surface area (Å²) in [6.07, 6.45) is 1.94. The number of hydrogen-bond acceptors (Lipinski definition) is 4. The summed E-state index contributed by atoms with van der Waals surface area (Å²) in [6.45, 7) is 0.224. The topological polar surface area (TPSA) is 72.2 Å². The number of hydrogen-bond donors (Lipinski definition) is 2. The molecule has 106 valence electrons. The first-order valence-corrected chi connectivity index (χ1v) is 9.13. The monoisotopic (exact) mass is 320 g/mol. The van der Waals surface area contributed by atoms with E-state index in [1.807, 2.05) is 0 Å². The van der Waals surface area contributed by atoms with Crippen LogP contribution in [0.3, 0.4) is 0 Å². The molecule has 3 N–H and O–H groups in total. The normalized spacial score (nSPS) is 20.4. The molecule has 0 aromatic heterocycles. The average molecular weight is 321 g/mol. The number of rotatable bonds is 4. The Hall–Kier alpha value is -0.270. The van der Waals surface area contributed by atoms with Crippen molar-refractivity contribution in [2.45, 2.75) is 30.3 Å². The summed E-state index contributed by atoms with van der Waals surface area (Å²) in [7, 11) is -3.49. The van der Waals surface area contributed by atoms with Crippen molar-refractivity contribution in [2.75, 3.05) is 11.5 Å². The summed E-state index contributed by atoms with van der Waals surface area (Å²) < 4.78 is 27.3. The number of halogens is 1. The van der Waals surface area contributed by atoms with E-state index in [9.17, 15) is 8.42 Å². The van der Waals surface area contributed by atoms with E-state index in [-0.39, 0.29) is 17.5 Å². The number of nitrogens with two attached hydrogens (primary N) is 1. The van der Waals surface area contributed by atoms with Crippen molar-refractivity contribution in [1.29, 1.82) is 0 Å². The van der Waals surface area contributed by atoms with E-state index in [1.54, 1.807) is 23.9 Å². The summed E-state index contributed by atoms with van der Waals surface area (Å²) >= 11 is 7.72. The van der Waals surface area contributed by atoms with Gasteiger partial charge in [-0.15, -0.1) is 0 Å². The SMILES string of the molecule is NCc1cc(S(=O)(=O)NC2CCCSC2)ccc1Cl. The van der Waals surface area contributed by atoms with Crippen molar-refractivity contribution in [2.24, 2.45) is 5.73 Å². The van der Waals surface area contributed by atoms with Gasteiger partial charge in [-0.1, -0.05) is 11.6 Å². The maximum absolute atomic E-state index is 12.3. The van der Waals surface area contributed by atoms with Crippen LogP contribution in [-0.4, -0.2) is 26.0 Å². The molecule has 19 heavy (non-hydrogen) atoms. The number of sulfonamides is 1. The van der Waals surface area contributed by atoms with E-state index in [4.69, 9.17) is 17.3 Å². The number of thioether (sulfide) groups is 1. The molecule has 1 unspecified atom stereocenters. The van der Waals surface area contributed by atoms with Crippen molar-refractivity contribution in [3.05, 3.63) is 28.8 Å². The standard InChI is InChI=1S/C12H17ClN2O2S2/c13-12-4-3-11(6-9(12)7-14)19(16,17)15-10-2-1-5-18-8-10/h3-4,6,10,15H,1-2,5,7-8,14H2. The zero-order chi connectivity index (χ0) is 13.9. The van der Waals surface area contributed by atoms with Crippen LogP contribution >= 0.6 is 23.4 Å². The first kappa shape index (κ1) is 15.1. The van der Waals surface area contributed by atoms with Gasteiger partial charge in [0.15, 0.2) is 0 Å². The third-order valence-electron chi connectivity index (χ3n) is 3.03. The van der Waals surface area contributed by atoms with Gasteiger partial charge in [-0.2, -0.15) is 11.8 Å². The van der Waals surface area contributed by atoms with E-state index < -0.39 is 10.0 Å². The van der Waals surface area contributed by atoms with Crippen molar-refractivity contribution < 1.29 is 8.42 Å². The van der Waals surface area contributed by atoms with Crippen molar-refractivity contribution >= 4 is 33.4 Å². The highest BCUT2D eigenvalue weighted by Gasteiger charge is 2.22. The van der Waals surface area contributed by atoms with E-state index in [1.165, 1.54) is 6.07 Å². The molecule has 0 spiro atoms. The molecule has 1 atom stereocenters. The Balaban J connectivity index is 2.18. The second-order valence-corrected chi connectivity index (χ2v) is 7.76. The maximum atomic E-state index is 12.3. The summed E-state index contributed by atoms with van der Waals surface area (Å²) in [4.78, 5) is 0.230. The number of nitrogens with one attached hydrogen (secondary N) is 1. The Morgan fingerprint density at radius 2 is 2.26 bits per heavy atom. The van der Waals surface area contributed by atoms with Gasteiger partial charge in [-0.3, -0.25) is 0 Å². The van der Waals surface area contributed by atoms with Crippen molar-refractivity contribution in [3.63, 3.8) is 0 Å². The van der Waals surface area contributed by atoms with Crippen LogP contribution < -0.4 is 10.5 Å². The zero-order valence-electron chi connectivity index (χ0n) is 10.4. The molecular weight excluding hydrogens is 304 g/mol. The third kappa shape index (κ3) is 3.86. The first-order chi connectivity index (χ1) is 9.03. The Morgan fingerprint density at radius 3 is 2.89 bits per heavy atom. The quantitative estimate of drug-likeness (QED) is 0.889. The predicted octanol–water partition coefficient (Wildman–Crippen LogP) is 1.97. The van der Waals surface area contributed by atoms with Gasteiger partial charge in [-0.05, 0) is 42.4 Å². The maximum Gasteiger partial charge on any atom is 0.240 e. The fourth-order valence-corrected chi connectivity index (χ4v) is 4.69. The van der Waals surface area contributed by atoms with Gasteiger partial charge in [0, 0.05) is 23.4 Å². The van der Waals surface area contributed by atoms with Gasteiger partial charge in [0.05, 0.1) is 4.90 Å². The minimum absolute atomic E-state index is 0.0146. The molecule has 0 aliphatic carbocycles. The zero-order valence-corrected chi connectivity index (χ0v) is 12.8. The molecule has 1 heterocycles. The highest BCUT2D eigenvalue weighted by atomic mass is 35.5. The Morgan fingerprint density at radius 1 is 1.47 bits per heavy atom. The molecule has 1 fully saturated rings. The van der Waals surface area contributed by atoms with E-state index >= 15 is 0 Å². The lowest BCUT2D eigenvalue weighted by Crippen LogP contribution is -2.38. The second-order valence-electron chi connectivity index (χ2n) is 4.49. The van der Waals surface area contributed by atoms with Crippen LogP contribution in [0, 0.1) is 0 Å². The van der Waals surface area contributed by atoms with Gasteiger partial charge in [0.2, 0.25) is 10.0 Å². The molecular formula is C12H17ClN2O2S2. The molecule has 0 saturated carbocycles. The van der Waals surface area contributed by atoms with Crippen LogP contribution in [0.1, 0.15) is 18.4 Å². The summed E-state index contributed by atoms with van der Waals surface area (Å²) in [5, 5.41) is 0.495. The molecule has 0 amide bonds. The van der Waals surface area contributed by atoms with Crippen molar-refractivity contribution in [1.82, 2.24) is 4.72 Å². The highest BCUT2D eigenvalue weighted by molar-refractivity contribution is 7.99. The van der Waals surface area contributed by atoms with E-state index in [0.29, 0.717) is 10.6 Å². The van der Waals surface area contributed by atoms with Crippen LogP contribution in [0.4, 0.5) is 0 Å². The lowest BCUT2D eigenvalue weighted by atomic mass is 10.2. The van der Waals surface area contributed by atoms with Gasteiger partial charge in [0.25, 0.3) is 0 Å². The van der Waals surface area contributed by atoms with Gasteiger partial charge < -0.3 is 5.73 Å². The summed E-state index contributed by atoms with van der Waals surface area (Å²) in [6, 6.07) is 4.65. The van der Waals surface area contributed by atoms with Crippen LogP contribution in [0.2, 0.25) is 5.02 Å². The van der Waals surface area contributed by atoms with Gasteiger partial charge in [0.1, 0.15) is 0 Å². The lowest BCUT2D eigenvalue weighted by molar-refractivity contribution is 0.543. The third-order valence-corrected chi connectivity index (χ3v) is 6.13. The Kier molecular flexibility index (Phi) is 5.14. The summed E-state index contributed by atoms with van der Waals surface area (Å²) in [5.41, 5.74) is 6.19. The van der Waals surface area contributed by atoms with Crippen LogP contribution in [0.25, 0.3) is 0 Å². The average Bonchev–Trinajstić information content (AvgIpc) is 2.39. The van der Waals surface area contributed by atoms with Crippen LogP contribution in [-0.2, 0) is 16.6 Å². The molecule has 0 bridgehead atoms. The fraction of sp³-hybridized carbons (Fsp3) is 0.500. The van der Waals surface area contributed by atoms with E-state index in [2.05, 4.69) is 4.72 Å². The molecule has 0 radical (unpaired) electrons. The molecule has 1 aliphatic rings. The van der Waals surface area contributed by atoms with Crippen molar-refractivity contribution in [3.8, 4) is 0 Å². The number of benzene rings is 1. The van der Waals surface area contributed by atoms with Crippen LogP contribution in [0.5, 0.6) is 0 Å². The summed E-state index contributed by atoms with van der Waals surface area (Å²) in [5.74, 6) is 1.94. The van der Waals surface area contributed by atoms with E-state index in [0.717, 1.165) is 24.3 Å². The minimum Gasteiger partial charge on any atom is -0.326 e. The van der Waals surface area contributed by atoms with Gasteiger partial charge in [-0.25, -0.2) is 13.1 Å². The molecule has 1 aromatic carbocycles. The molecule has 1 saturated heterocycles. The predicted molar refractivity (Wildman–Crippen MR) is 80.0 cm³/mol. The molecule has 1 aromatic rings. The largest absolute Gasteiger partial charge is 0.326 e. The second kappa shape index (κ2) is 6.45. The fourth-order valence-electron chi connectivity index (χ4n) is 2.00. The Labute approximate surface area is 123 Å². The molecule has 1 aliphatic heterocycles. The Bertz CT molecular complexity index is 543. The molecule has 2 rings (SSSR count). The smallest absolute Gasteiger partial charge is 0.240 e. The van der Waals surface area contributed by atoms with Crippen LogP contribution in [0.15, 0.2) is 23.1 Å². The van der Waals surface area contributed by atoms with Gasteiger partial charge >= 0.3 is 0 Å². The first-order valence-electron chi connectivity index (χ1n) is 6.11.